The van der Waals surface area contributed by atoms with Crippen LogP contribution >= 0.6 is 11.6 Å². The third-order valence-electron chi connectivity index (χ3n) is 5.16. The van der Waals surface area contributed by atoms with Gasteiger partial charge < -0.3 is 4.52 Å². The molecule has 0 spiro atoms. The molecular formula is C17H26ClNO. The summed E-state index contributed by atoms with van der Waals surface area (Å²) < 4.78 is 5.83. The molecule has 2 fully saturated rings. The van der Waals surface area contributed by atoms with Crippen LogP contribution in [0.3, 0.4) is 0 Å². The molecule has 20 heavy (non-hydrogen) atoms. The summed E-state index contributed by atoms with van der Waals surface area (Å²) in [4.78, 5) is 0. The van der Waals surface area contributed by atoms with Crippen LogP contribution in [0.15, 0.2) is 4.52 Å². The lowest BCUT2D eigenvalue weighted by atomic mass is 9.81. The van der Waals surface area contributed by atoms with Gasteiger partial charge in [0.1, 0.15) is 5.76 Å². The van der Waals surface area contributed by atoms with E-state index in [0.29, 0.717) is 17.7 Å². The Morgan fingerprint density at radius 1 is 0.900 bits per heavy atom. The lowest BCUT2D eigenvalue weighted by Gasteiger charge is -2.22. The van der Waals surface area contributed by atoms with Gasteiger partial charge in [0.25, 0.3) is 0 Å². The molecule has 112 valence electrons. The van der Waals surface area contributed by atoms with Crippen LogP contribution in [0.1, 0.15) is 93.1 Å². The molecule has 0 N–H and O–H groups in total. The SMILES string of the molecule is ClCCc1c(C2CCCCC2)noc1C1CCCCC1. The van der Waals surface area contributed by atoms with E-state index in [9.17, 15) is 0 Å². The number of hydrogen-bond acceptors (Lipinski definition) is 2. The highest BCUT2D eigenvalue weighted by molar-refractivity contribution is 6.18. The average Bonchev–Trinajstić information content (AvgIpc) is 2.93. The van der Waals surface area contributed by atoms with Gasteiger partial charge in [0.2, 0.25) is 0 Å². The summed E-state index contributed by atoms with van der Waals surface area (Å²) in [6.45, 7) is 0. The maximum Gasteiger partial charge on any atom is 0.143 e. The van der Waals surface area contributed by atoms with Crippen LogP contribution in [0.4, 0.5) is 0 Å². The molecule has 0 radical (unpaired) electrons. The standard InChI is InChI=1S/C17H26ClNO/c18-12-11-15-16(13-7-3-1-4-8-13)19-20-17(15)14-9-5-2-6-10-14/h13-14H,1-12H2. The maximum atomic E-state index is 6.05. The predicted molar refractivity (Wildman–Crippen MR) is 82.6 cm³/mol. The van der Waals surface area contributed by atoms with E-state index >= 15 is 0 Å². The summed E-state index contributed by atoms with van der Waals surface area (Å²) in [6, 6.07) is 0. The van der Waals surface area contributed by atoms with E-state index in [1.165, 1.54) is 81.2 Å². The normalized spacial score (nSPS) is 22.2. The summed E-state index contributed by atoms with van der Waals surface area (Å²) in [5.74, 6) is 3.10. The van der Waals surface area contributed by atoms with E-state index in [4.69, 9.17) is 16.1 Å². The Morgan fingerprint density at radius 2 is 1.50 bits per heavy atom. The molecular weight excluding hydrogens is 270 g/mol. The second-order valence-corrected chi connectivity index (χ2v) is 6.90. The van der Waals surface area contributed by atoms with Crippen molar-refractivity contribution in [3.05, 3.63) is 17.0 Å². The Balaban J connectivity index is 1.84. The summed E-state index contributed by atoms with van der Waals surface area (Å²) in [7, 11) is 0. The first kappa shape index (κ1) is 14.4. The van der Waals surface area contributed by atoms with Crippen molar-refractivity contribution in [1.82, 2.24) is 5.16 Å². The zero-order valence-corrected chi connectivity index (χ0v) is 13.1. The Hall–Kier alpha value is -0.500. The minimum atomic E-state index is 0.604. The number of nitrogens with zero attached hydrogens (tertiary/aromatic N) is 1. The molecule has 0 unspecified atom stereocenters. The third-order valence-corrected chi connectivity index (χ3v) is 5.35. The minimum Gasteiger partial charge on any atom is -0.361 e. The second-order valence-electron chi connectivity index (χ2n) is 6.52. The van der Waals surface area contributed by atoms with Gasteiger partial charge in [0, 0.05) is 23.3 Å². The zero-order chi connectivity index (χ0) is 13.8. The van der Waals surface area contributed by atoms with Crippen molar-refractivity contribution in [3.8, 4) is 0 Å². The van der Waals surface area contributed by atoms with Gasteiger partial charge in [-0.1, -0.05) is 43.7 Å². The smallest absolute Gasteiger partial charge is 0.143 e. The Labute approximate surface area is 127 Å². The minimum absolute atomic E-state index is 0.604. The second kappa shape index (κ2) is 6.98. The molecule has 2 nitrogen and oxygen atoms in total. The summed E-state index contributed by atoms with van der Waals surface area (Å²) in [5, 5.41) is 4.50. The van der Waals surface area contributed by atoms with E-state index in [-0.39, 0.29) is 0 Å². The number of alkyl halides is 1. The molecule has 1 heterocycles. The number of rotatable bonds is 4. The van der Waals surface area contributed by atoms with Crippen molar-refractivity contribution in [2.24, 2.45) is 0 Å². The highest BCUT2D eigenvalue weighted by atomic mass is 35.5. The van der Waals surface area contributed by atoms with Crippen LogP contribution in [0.2, 0.25) is 0 Å². The fourth-order valence-corrected chi connectivity index (χ4v) is 4.25. The van der Waals surface area contributed by atoms with Gasteiger partial charge in [0.05, 0.1) is 5.69 Å². The van der Waals surface area contributed by atoms with Crippen LogP contribution in [0.25, 0.3) is 0 Å². The largest absolute Gasteiger partial charge is 0.361 e. The first-order valence-electron chi connectivity index (χ1n) is 8.44. The van der Waals surface area contributed by atoms with Gasteiger partial charge >= 0.3 is 0 Å². The van der Waals surface area contributed by atoms with Crippen molar-refractivity contribution in [2.75, 3.05) is 5.88 Å². The molecule has 2 aliphatic rings. The molecule has 3 heteroatoms. The van der Waals surface area contributed by atoms with E-state index in [0.717, 1.165) is 6.42 Å². The van der Waals surface area contributed by atoms with Crippen molar-refractivity contribution in [3.63, 3.8) is 0 Å². The van der Waals surface area contributed by atoms with Gasteiger partial charge in [-0.15, -0.1) is 11.6 Å². The van der Waals surface area contributed by atoms with Crippen molar-refractivity contribution < 1.29 is 4.52 Å². The lowest BCUT2D eigenvalue weighted by molar-refractivity contribution is 0.312. The van der Waals surface area contributed by atoms with Crippen LogP contribution in [-0.4, -0.2) is 11.0 Å². The first-order chi connectivity index (χ1) is 9.90. The van der Waals surface area contributed by atoms with Crippen molar-refractivity contribution >= 4 is 11.6 Å². The highest BCUT2D eigenvalue weighted by Gasteiger charge is 2.29. The van der Waals surface area contributed by atoms with Crippen molar-refractivity contribution in [1.29, 1.82) is 0 Å². The zero-order valence-electron chi connectivity index (χ0n) is 12.4. The van der Waals surface area contributed by atoms with Crippen LogP contribution in [-0.2, 0) is 6.42 Å². The van der Waals surface area contributed by atoms with Gasteiger partial charge in [-0.2, -0.15) is 0 Å². The summed E-state index contributed by atoms with van der Waals surface area (Å²) in [6.07, 6.45) is 14.2. The average molecular weight is 296 g/mol. The summed E-state index contributed by atoms with van der Waals surface area (Å²) in [5.41, 5.74) is 2.63. The third kappa shape index (κ3) is 3.05. The van der Waals surface area contributed by atoms with Gasteiger partial charge in [0.15, 0.2) is 0 Å². The molecule has 0 aliphatic heterocycles. The Morgan fingerprint density at radius 3 is 2.10 bits per heavy atom. The Bertz CT molecular complexity index is 381. The molecule has 0 bridgehead atoms. The topological polar surface area (TPSA) is 26.0 Å². The van der Waals surface area contributed by atoms with E-state index in [1.807, 2.05) is 0 Å². The van der Waals surface area contributed by atoms with E-state index in [2.05, 4.69) is 5.16 Å². The molecule has 1 aromatic rings. The maximum absolute atomic E-state index is 6.05. The quantitative estimate of drug-likeness (QED) is 0.681. The van der Waals surface area contributed by atoms with Gasteiger partial charge in [-0.3, -0.25) is 0 Å². The Kier molecular flexibility index (Phi) is 5.04. The van der Waals surface area contributed by atoms with E-state index in [1.54, 1.807) is 0 Å². The number of hydrogen-bond donors (Lipinski definition) is 0. The number of halogens is 1. The molecule has 1 aromatic heterocycles. The molecule has 0 atom stereocenters. The van der Waals surface area contributed by atoms with Crippen LogP contribution < -0.4 is 0 Å². The molecule has 2 aliphatic carbocycles. The van der Waals surface area contributed by atoms with Crippen LogP contribution in [0, 0.1) is 0 Å². The summed E-state index contributed by atoms with van der Waals surface area (Å²) >= 11 is 6.05. The monoisotopic (exact) mass is 295 g/mol. The predicted octanol–water partition coefficient (Wildman–Crippen LogP) is 5.55. The van der Waals surface area contributed by atoms with Gasteiger partial charge in [-0.05, 0) is 32.1 Å². The van der Waals surface area contributed by atoms with Gasteiger partial charge in [-0.25, -0.2) is 0 Å². The van der Waals surface area contributed by atoms with Crippen molar-refractivity contribution in [2.45, 2.75) is 82.5 Å². The molecule has 0 aromatic carbocycles. The fraction of sp³-hybridized carbons (Fsp3) is 0.824. The van der Waals surface area contributed by atoms with E-state index < -0.39 is 0 Å². The molecule has 3 rings (SSSR count). The lowest BCUT2D eigenvalue weighted by Crippen LogP contribution is -2.10. The number of aromatic nitrogens is 1. The highest BCUT2D eigenvalue weighted by Crippen LogP contribution is 2.40. The molecule has 2 saturated carbocycles. The van der Waals surface area contributed by atoms with Crippen LogP contribution in [0.5, 0.6) is 0 Å². The molecule has 0 saturated heterocycles. The fourth-order valence-electron chi connectivity index (χ4n) is 4.06. The first-order valence-corrected chi connectivity index (χ1v) is 8.98. The molecule has 0 amide bonds.